The molecule has 1 saturated heterocycles. The summed E-state index contributed by atoms with van der Waals surface area (Å²) >= 11 is 1.88. The fourth-order valence-electron chi connectivity index (χ4n) is 2.03. The zero-order valence-corrected chi connectivity index (χ0v) is 11.7. The summed E-state index contributed by atoms with van der Waals surface area (Å²) in [5.74, 6) is 2.18. The van der Waals surface area contributed by atoms with Crippen LogP contribution in [0.1, 0.15) is 12.0 Å². The van der Waals surface area contributed by atoms with Crippen LogP contribution in [-0.4, -0.2) is 37.0 Å². The number of nitrogens with zero attached hydrogens (tertiary/aromatic N) is 2. The van der Waals surface area contributed by atoms with Crippen LogP contribution in [0.4, 0.5) is 5.69 Å². The third kappa shape index (κ3) is 3.72. The van der Waals surface area contributed by atoms with Crippen molar-refractivity contribution in [2.24, 2.45) is 0 Å². The number of rotatable bonds is 3. The van der Waals surface area contributed by atoms with Crippen LogP contribution < -0.4 is 10.2 Å². The lowest BCUT2D eigenvalue weighted by Gasteiger charge is -2.25. The molecule has 0 aliphatic carbocycles. The SMILES string of the molecule is CN(C(=O)CC1CSCCN1)c1cccc(C#N)c1. The third-order valence-corrected chi connectivity index (χ3v) is 4.29. The van der Waals surface area contributed by atoms with E-state index >= 15 is 0 Å². The van der Waals surface area contributed by atoms with Crippen LogP contribution in [0.3, 0.4) is 0 Å². The largest absolute Gasteiger partial charge is 0.315 e. The highest BCUT2D eigenvalue weighted by Crippen LogP contribution is 2.17. The van der Waals surface area contributed by atoms with Crippen molar-refractivity contribution in [3.8, 4) is 6.07 Å². The number of benzene rings is 1. The molecular formula is C14H17N3OS. The van der Waals surface area contributed by atoms with Gasteiger partial charge in [-0.2, -0.15) is 17.0 Å². The Morgan fingerprint density at radius 2 is 2.47 bits per heavy atom. The Morgan fingerprint density at radius 3 is 3.16 bits per heavy atom. The molecule has 100 valence electrons. The van der Waals surface area contributed by atoms with Gasteiger partial charge in [-0.15, -0.1) is 0 Å². The Hall–Kier alpha value is -1.51. The van der Waals surface area contributed by atoms with E-state index in [1.807, 2.05) is 17.8 Å². The van der Waals surface area contributed by atoms with E-state index in [1.165, 1.54) is 0 Å². The molecule has 1 unspecified atom stereocenters. The molecule has 1 aliphatic rings. The minimum Gasteiger partial charge on any atom is -0.315 e. The molecule has 2 rings (SSSR count). The zero-order valence-electron chi connectivity index (χ0n) is 10.9. The smallest absolute Gasteiger partial charge is 0.228 e. The Morgan fingerprint density at radius 1 is 1.63 bits per heavy atom. The molecule has 1 fully saturated rings. The van der Waals surface area contributed by atoms with Gasteiger partial charge in [0.15, 0.2) is 0 Å². The van der Waals surface area contributed by atoms with Crippen molar-refractivity contribution in [1.29, 1.82) is 5.26 Å². The highest BCUT2D eigenvalue weighted by atomic mass is 32.2. The second-order valence-corrected chi connectivity index (χ2v) is 5.69. The van der Waals surface area contributed by atoms with E-state index in [4.69, 9.17) is 5.26 Å². The number of carbonyl (C=O) groups excluding carboxylic acids is 1. The number of nitriles is 1. The molecule has 1 aliphatic heterocycles. The normalized spacial score (nSPS) is 18.6. The molecule has 5 heteroatoms. The summed E-state index contributed by atoms with van der Waals surface area (Å²) in [5, 5.41) is 12.2. The fourth-order valence-corrected chi connectivity index (χ4v) is 2.98. The van der Waals surface area contributed by atoms with Crippen LogP contribution in [0.5, 0.6) is 0 Å². The molecule has 1 N–H and O–H groups in total. The number of hydrogen-bond acceptors (Lipinski definition) is 4. The van der Waals surface area contributed by atoms with Gasteiger partial charge in [-0.25, -0.2) is 0 Å². The average Bonchev–Trinajstić information content (AvgIpc) is 2.47. The van der Waals surface area contributed by atoms with Gasteiger partial charge in [-0.3, -0.25) is 4.79 Å². The maximum absolute atomic E-state index is 12.2. The summed E-state index contributed by atoms with van der Waals surface area (Å²) < 4.78 is 0. The van der Waals surface area contributed by atoms with Crippen molar-refractivity contribution >= 4 is 23.4 Å². The number of hydrogen-bond donors (Lipinski definition) is 1. The molecule has 0 saturated carbocycles. The molecule has 4 nitrogen and oxygen atoms in total. The quantitative estimate of drug-likeness (QED) is 0.910. The van der Waals surface area contributed by atoms with Crippen LogP contribution in [0.25, 0.3) is 0 Å². The molecule has 0 radical (unpaired) electrons. The number of anilines is 1. The summed E-state index contributed by atoms with van der Waals surface area (Å²) in [6.45, 7) is 0.968. The number of carbonyl (C=O) groups is 1. The topological polar surface area (TPSA) is 56.1 Å². The average molecular weight is 275 g/mol. The lowest BCUT2D eigenvalue weighted by Crippen LogP contribution is -2.41. The molecule has 1 heterocycles. The predicted molar refractivity (Wildman–Crippen MR) is 78.3 cm³/mol. The fraction of sp³-hybridized carbons (Fsp3) is 0.429. The van der Waals surface area contributed by atoms with Crippen LogP contribution in [0, 0.1) is 11.3 Å². The van der Waals surface area contributed by atoms with E-state index in [-0.39, 0.29) is 11.9 Å². The molecule has 1 atom stereocenters. The molecule has 0 spiro atoms. The van der Waals surface area contributed by atoms with E-state index in [9.17, 15) is 4.79 Å². The number of nitrogens with one attached hydrogen (secondary N) is 1. The molecule has 19 heavy (non-hydrogen) atoms. The van der Waals surface area contributed by atoms with Crippen LogP contribution in [0.15, 0.2) is 24.3 Å². The first-order valence-electron chi connectivity index (χ1n) is 6.28. The maximum atomic E-state index is 12.2. The molecule has 1 amide bonds. The Labute approximate surface area is 117 Å². The lowest BCUT2D eigenvalue weighted by atomic mass is 10.1. The van der Waals surface area contributed by atoms with Crippen LogP contribution in [0.2, 0.25) is 0 Å². The van der Waals surface area contributed by atoms with Crippen molar-refractivity contribution < 1.29 is 4.79 Å². The lowest BCUT2D eigenvalue weighted by molar-refractivity contribution is -0.118. The zero-order chi connectivity index (χ0) is 13.7. The molecule has 0 bridgehead atoms. The van der Waals surface area contributed by atoms with Crippen molar-refractivity contribution in [2.75, 3.05) is 30.0 Å². The first-order valence-corrected chi connectivity index (χ1v) is 7.44. The van der Waals surface area contributed by atoms with Gasteiger partial charge >= 0.3 is 0 Å². The van der Waals surface area contributed by atoms with Gasteiger partial charge in [0.1, 0.15) is 0 Å². The number of thioether (sulfide) groups is 1. The van der Waals surface area contributed by atoms with Gasteiger partial charge in [-0.05, 0) is 18.2 Å². The second-order valence-electron chi connectivity index (χ2n) is 4.54. The monoisotopic (exact) mass is 275 g/mol. The highest BCUT2D eigenvalue weighted by Gasteiger charge is 2.19. The van der Waals surface area contributed by atoms with Gasteiger partial charge in [0.25, 0.3) is 0 Å². The maximum Gasteiger partial charge on any atom is 0.228 e. The predicted octanol–water partition coefficient (Wildman–Crippen LogP) is 1.62. The van der Waals surface area contributed by atoms with E-state index in [0.29, 0.717) is 12.0 Å². The number of amides is 1. The first kappa shape index (κ1) is 13.9. The van der Waals surface area contributed by atoms with Crippen molar-refractivity contribution in [3.05, 3.63) is 29.8 Å². The van der Waals surface area contributed by atoms with Gasteiger partial charge < -0.3 is 10.2 Å². The second kappa shape index (κ2) is 6.60. The van der Waals surface area contributed by atoms with Gasteiger partial charge in [-0.1, -0.05) is 6.07 Å². The third-order valence-electron chi connectivity index (χ3n) is 3.16. The van der Waals surface area contributed by atoms with Gasteiger partial charge in [0.05, 0.1) is 11.6 Å². The van der Waals surface area contributed by atoms with Gasteiger partial charge in [0, 0.05) is 43.2 Å². The van der Waals surface area contributed by atoms with Gasteiger partial charge in [0.2, 0.25) is 5.91 Å². The van der Waals surface area contributed by atoms with Crippen LogP contribution >= 0.6 is 11.8 Å². The molecular weight excluding hydrogens is 258 g/mol. The van der Waals surface area contributed by atoms with Crippen molar-refractivity contribution in [3.63, 3.8) is 0 Å². The summed E-state index contributed by atoms with van der Waals surface area (Å²) in [7, 11) is 1.76. The Kier molecular flexibility index (Phi) is 4.83. The summed E-state index contributed by atoms with van der Waals surface area (Å²) in [6, 6.07) is 9.47. The minimum absolute atomic E-state index is 0.0788. The van der Waals surface area contributed by atoms with Crippen molar-refractivity contribution in [1.82, 2.24) is 5.32 Å². The summed E-state index contributed by atoms with van der Waals surface area (Å²) in [6.07, 6.45) is 0.500. The van der Waals surface area contributed by atoms with Crippen LogP contribution in [-0.2, 0) is 4.79 Å². The van der Waals surface area contributed by atoms with E-state index in [1.54, 1.807) is 30.1 Å². The minimum atomic E-state index is 0.0788. The van der Waals surface area contributed by atoms with E-state index in [0.717, 1.165) is 23.7 Å². The summed E-state index contributed by atoms with van der Waals surface area (Å²) in [5.41, 5.74) is 1.34. The van der Waals surface area contributed by atoms with E-state index < -0.39 is 0 Å². The van der Waals surface area contributed by atoms with Crippen molar-refractivity contribution in [2.45, 2.75) is 12.5 Å². The molecule has 1 aromatic carbocycles. The highest BCUT2D eigenvalue weighted by molar-refractivity contribution is 7.99. The summed E-state index contributed by atoms with van der Waals surface area (Å²) in [4.78, 5) is 13.8. The standard InChI is InChI=1S/C14H17N3OS/c1-17(13-4-2-3-11(7-13)9-15)14(18)8-12-10-19-6-5-16-12/h2-4,7,12,16H,5-6,8,10H2,1H3. The Bertz CT molecular complexity index is 492. The molecule has 1 aromatic rings. The Balaban J connectivity index is 1.99. The van der Waals surface area contributed by atoms with E-state index in [2.05, 4.69) is 11.4 Å². The first-order chi connectivity index (χ1) is 9.20. The molecule has 0 aromatic heterocycles.